The van der Waals surface area contributed by atoms with E-state index in [-0.39, 0.29) is 48.7 Å². The Hall–Kier alpha value is -3.36. The third-order valence-electron chi connectivity index (χ3n) is 7.13. The molecule has 1 aromatic carbocycles. The Morgan fingerprint density at radius 2 is 1.83 bits per heavy atom. The summed E-state index contributed by atoms with van der Waals surface area (Å²) in [5.74, 6) is 12.0. The first kappa shape index (κ1) is 24.3. The van der Waals surface area contributed by atoms with E-state index in [1.165, 1.54) is 12.8 Å². The van der Waals surface area contributed by atoms with Gasteiger partial charge in [0.05, 0.1) is 12.1 Å². The van der Waals surface area contributed by atoms with Crippen molar-refractivity contribution in [2.45, 2.75) is 62.8 Å². The molecule has 0 aromatic heterocycles. The third kappa shape index (κ3) is 6.25. The first-order valence-electron chi connectivity index (χ1n) is 12.8. The molecule has 1 aromatic rings. The molecule has 0 radical (unpaired) electrons. The van der Waals surface area contributed by atoms with Crippen molar-refractivity contribution >= 4 is 17.7 Å². The topological polar surface area (TPSA) is 90.5 Å². The van der Waals surface area contributed by atoms with Crippen LogP contribution in [-0.2, 0) is 9.59 Å². The number of benzene rings is 1. The fourth-order valence-corrected chi connectivity index (χ4v) is 4.73. The minimum absolute atomic E-state index is 0.0454. The molecule has 2 aliphatic carbocycles. The standard InChI is InChI=1S/C28H31FN4O3/c29-22-13-25(30-15-22)27(35)32-23-14-24(33(17-23)28(36)21-11-12-21)16-31-26(34)20-9-7-19(8-10-20)4-2-1-3-18-5-6-18/h7-10,18,21-25,30H,5-6,11-17H2,(H,31,34)(H,32,35)/t22?,23-,24-,25?/m1/s1. The number of likely N-dealkylation sites (tertiary alicyclic amines) is 1. The first-order valence-corrected chi connectivity index (χ1v) is 12.8. The zero-order valence-corrected chi connectivity index (χ0v) is 20.2. The zero-order valence-electron chi connectivity index (χ0n) is 20.2. The molecule has 188 valence electrons. The molecule has 2 unspecified atom stereocenters. The van der Waals surface area contributed by atoms with Crippen molar-refractivity contribution in [3.63, 3.8) is 0 Å². The maximum Gasteiger partial charge on any atom is 0.251 e. The lowest BCUT2D eigenvalue weighted by Crippen LogP contribution is -2.46. The number of nitrogens with zero attached hydrogens (tertiary/aromatic N) is 1. The Balaban J connectivity index is 1.15. The number of amides is 3. The molecular weight excluding hydrogens is 459 g/mol. The van der Waals surface area contributed by atoms with Crippen LogP contribution in [0.2, 0.25) is 0 Å². The molecule has 36 heavy (non-hydrogen) atoms. The van der Waals surface area contributed by atoms with Crippen LogP contribution in [0.4, 0.5) is 4.39 Å². The highest BCUT2D eigenvalue weighted by Crippen LogP contribution is 2.33. The largest absolute Gasteiger partial charge is 0.350 e. The Morgan fingerprint density at radius 1 is 1.06 bits per heavy atom. The molecule has 5 rings (SSSR count). The molecule has 4 aliphatic rings. The van der Waals surface area contributed by atoms with Gasteiger partial charge in [0.15, 0.2) is 0 Å². The number of carbonyl (C=O) groups is 3. The number of nitrogens with one attached hydrogen (secondary N) is 3. The lowest BCUT2D eigenvalue weighted by atomic mass is 10.1. The third-order valence-corrected chi connectivity index (χ3v) is 7.13. The number of alkyl halides is 1. The molecule has 3 amide bonds. The second kappa shape index (κ2) is 10.7. The van der Waals surface area contributed by atoms with Crippen LogP contribution in [0.3, 0.4) is 0 Å². The monoisotopic (exact) mass is 490 g/mol. The second-order valence-electron chi connectivity index (χ2n) is 10.2. The molecule has 4 atom stereocenters. The molecule has 8 heteroatoms. The minimum Gasteiger partial charge on any atom is -0.350 e. The van der Waals surface area contributed by atoms with Crippen LogP contribution in [0.15, 0.2) is 24.3 Å². The lowest BCUT2D eigenvalue weighted by molar-refractivity contribution is -0.133. The predicted octanol–water partition coefficient (Wildman–Crippen LogP) is 1.38. The van der Waals surface area contributed by atoms with Gasteiger partial charge in [-0.2, -0.15) is 0 Å². The fraction of sp³-hybridized carbons (Fsp3) is 0.536. The number of carbonyl (C=O) groups excluding carboxylic acids is 3. The summed E-state index contributed by atoms with van der Waals surface area (Å²) >= 11 is 0. The summed E-state index contributed by atoms with van der Waals surface area (Å²) in [4.78, 5) is 40.0. The van der Waals surface area contributed by atoms with Crippen LogP contribution in [0.25, 0.3) is 0 Å². The number of hydrogen-bond donors (Lipinski definition) is 3. The van der Waals surface area contributed by atoms with Crippen molar-refractivity contribution in [2.75, 3.05) is 19.6 Å². The highest BCUT2D eigenvalue weighted by molar-refractivity contribution is 5.94. The van der Waals surface area contributed by atoms with Gasteiger partial charge in [-0.05, 0) is 68.2 Å². The van der Waals surface area contributed by atoms with Crippen LogP contribution in [-0.4, -0.2) is 66.6 Å². The van der Waals surface area contributed by atoms with Crippen molar-refractivity contribution in [3.05, 3.63) is 35.4 Å². The van der Waals surface area contributed by atoms with E-state index < -0.39 is 12.2 Å². The predicted molar refractivity (Wildman–Crippen MR) is 132 cm³/mol. The summed E-state index contributed by atoms with van der Waals surface area (Å²) < 4.78 is 13.5. The minimum atomic E-state index is -1.01. The first-order chi connectivity index (χ1) is 17.5. The molecule has 2 saturated heterocycles. The Labute approximate surface area is 210 Å². The summed E-state index contributed by atoms with van der Waals surface area (Å²) in [7, 11) is 0. The van der Waals surface area contributed by atoms with Crippen molar-refractivity contribution in [2.24, 2.45) is 11.8 Å². The number of rotatable bonds is 6. The van der Waals surface area contributed by atoms with E-state index in [1.807, 2.05) is 0 Å². The summed E-state index contributed by atoms with van der Waals surface area (Å²) in [6, 6.07) is 6.09. The van der Waals surface area contributed by atoms with E-state index in [4.69, 9.17) is 0 Å². The molecule has 7 nitrogen and oxygen atoms in total. The van der Waals surface area contributed by atoms with Gasteiger partial charge in [-0.3, -0.25) is 14.4 Å². The van der Waals surface area contributed by atoms with E-state index in [0.717, 1.165) is 18.4 Å². The van der Waals surface area contributed by atoms with Crippen molar-refractivity contribution in [1.82, 2.24) is 20.9 Å². The average molecular weight is 491 g/mol. The molecule has 0 bridgehead atoms. The van der Waals surface area contributed by atoms with E-state index in [2.05, 4.69) is 39.6 Å². The maximum absolute atomic E-state index is 13.5. The molecule has 4 fully saturated rings. The molecular formula is C28H31FN4O3. The summed E-state index contributed by atoms with van der Waals surface area (Å²) in [6.45, 7) is 0.895. The normalized spacial score (nSPS) is 26.9. The van der Waals surface area contributed by atoms with Gasteiger partial charge in [0.2, 0.25) is 11.8 Å². The van der Waals surface area contributed by atoms with Crippen molar-refractivity contribution in [3.8, 4) is 23.7 Å². The Morgan fingerprint density at radius 3 is 2.50 bits per heavy atom. The van der Waals surface area contributed by atoms with Gasteiger partial charge >= 0.3 is 0 Å². The molecule has 0 spiro atoms. The van der Waals surface area contributed by atoms with Crippen LogP contribution >= 0.6 is 0 Å². The molecule has 3 N–H and O–H groups in total. The van der Waals surface area contributed by atoms with E-state index in [9.17, 15) is 18.8 Å². The van der Waals surface area contributed by atoms with Crippen LogP contribution < -0.4 is 16.0 Å². The van der Waals surface area contributed by atoms with Gasteiger partial charge in [0.25, 0.3) is 5.91 Å². The Bertz CT molecular complexity index is 1140. The van der Waals surface area contributed by atoms with Gasteiger partial charge in [-0.1, -0.05) is 11.8 Å². The highest BCUT2D eigenvalue weighted by Gasteiger charge is 2.42. The van der Waals surface area contributed by atoms with Gasteiger partial charge < -0.3 is 20.9 Å². The summed E-state index contributed by atoms with van der Waals surface area (Å²) in [6.07, 6.45) is 3.81. The van der Waals surface area contributed by atoms with E-state index in [1.54, 1.807) is 29.2 Å². The quantitative estimate of drug-likeness (QED) is 0.526. The molecule has 2 saturated carbocycles. The van der Waals surface area contributed by atoms with E-state index in [0.29, 0.717) is 31.0 Å². The summed E-state index contributed by atoms with van der Waals surface area (Å²) in [5.41, 5.74) is 1.31. The fourth-order valence-electron chi connectivity index (χ4n) is 4.73. The van der Waals surface area contributed by atoms with Crippen LogP contribution in [0, 0.1) is 35.5 Å². The van der Waals surface area contributed by atoms with Gasteiger partial charge in [-0.25, -0.2) is 4.39 Å². The van der Waals surface area contributed by atoms with Crippen LogP contribution in [0.1, 0.15) is 54.4 Å². The Kier molecular flexibility index (Phi) is 7.25. The van der Waals surface area contributed by atoms with Crippen molar-refractivity contribution < 1.29 is 18.8 Å². The number of halogens is 1. The van der Waals surface area contributed by atoms with Gasteiger partial charge in [0.1, 0.15) is 6.17 Å². The molecule has 2 heterocycles. The average Bonchev–Trinajstić information content (AvgIpc) is 3.81. The lowest BCUT2D eigenvalue weighted by Gasteiger charge is -2.25. The van der Waals surface area contributed by atoms with Gasteiger partial charge in [0, 0.05) is 55.1 Å². The SMILES string of the molecule is O=C(NC[C@H]1C[C@@H](NC(=O)C2CC(F)CN2)CN1C(=O)C1CC1)c1ccc(C#CC#CC2CC2)cc1. The summed E-state index contributed by atoms with van der Waals surface area (Å²) in [5, 5.41) is 8.82. The van der Waals surface area contributed by atoms with Crippen LogP contribution in [0.5, 0.6) is 0 Å². The zero-order chi connectivity index (χ0) is 25.1. The van der Waals surface area contributed by atoms with E-state index >= 15 is 0 Å². The smallest absolute Gasteiger partial charge is 0.251 e. The highest BCUT2D eigenvalue weighted by atomic mass is 19.1. The number of hydrogen-bond acceptors (Lipinski definition) is 4. The maximum atomic E-state index is 13.5. The van der Waals surface area contributed by atoms with Crippen molar-refractivity contribution in [1.29, 1.82) is 0 Å². The second-order valence-corrected chi connectivity index (χ2v) is 10.2. The van der Waals surface area contributed by atoms with Gasteiger partial charge in [-0.15, -0.1) is 0 Å². The molecule has 2 aliphatic heterocycles.